The van der Waals surface area contributed by atoms with E-state index in [-0.39, 0.29) is 23.3 Å². The zero-order valence-corrected chi connectivity index (χ0v) is 11.4. The first kappa shape index (κ1) is 14.0. The fraction of sp³-hybridized carbons (Fsp3) is 0.846. The molecule has 0 bridgehead atoms. The molecule has 1 N–H and O–H groups in total. The van der Waals surface area contributed by atoms with Crippen molar-refractivity contribution in [1.82, 2.24) is 10.2 Å². The minimum absolute atomic E-state index is 0.00449. The summed E-state index contributed by atoms with van der Waals surface area (Å²) in [5, 5.41) is 2.94. The van der Waals surface area contributed by atoms with Crippen LogP contribution in [0.4, 0.5) is 0 Å². The molecule has 0 spiro atoms. The lowest BCUT2D eigenvalue weighted by atomic mass is 10.0. The van der Waals surface area contributed by atoms with Crippen molar-refractivity contribution in [2.45, 2.75) is 52.5 Å². The average molecular weight is 240 g/mol. The Morgan fingerprint density at radius 3 is 2.65 bits per heavy atom. The van der Waals surface area contributed by atoms with Gasteiger partial charge in [0.15, 0.2) is 0 Å². The average Bonchev–Trinajstić information content (AvgIpc) is 2.54. The summed E-state index contributed by atoms with van der Waals surface area (Å²) in [4.78, 5) is 25.5. The van der Waals surface area contributed by atoms with Gasteiger partial charge in [0.1, 0.15) is 0 Å². The lowest BCUT2D eigenvalue weighted by Gasteiger charge is -2.23. The highest BCUT2D eigenvalue weighted by Crippen LogP contribution is 2.19. The third kappa shape index (κ3) is 4.36. The van der Waals surface area contributed by atoms with Crippen LogP contribution in [0, 0.1) is 5.92 Å². The molecule has 98 valence electrons. The fourth-order valence-corrected chi connectivity index (χ4v) is 1.98. The highest BCUT2D eigenvalue weighted by molar-refractivity contribution is 5.89. The van der Waals surface area contributed by atoms with Crippen molar-refractivity contribution >= 4 is 11.8 Å². The van der Waals surface area contributed by atoms with Crippen molar-refractivity contribution in [1.29, 1.82) is 0 Å². The highest BCUT2D eigenvalue weighted by atomic mass is 16.2. The van der Waals surface area contributed by atoms with Crippen LogP contribution in [-0.2, 0) is 9.59 Å². The largest absolute Gasteiger partial charge is 0.351 e. The molecule has 0 saturated carbocycles. The molecule has 1 fully saturated rings. The first-order chi connectivity index (χ1) is 7.83. The van der Waals surface area contributed by atoms with Crippen LogP contribution in [0.3, 0.4) is 0 Å². The minimum Gasteiger partial charge on any atom is -0.351 e. The van der Waals surface area contributed by atoms with E-state index in [2.05, 4.69) is 12.2 Å². The van der Waals surface area contributed by atoms with Crippen molar-refractivity contribution in [3.8, 4) is 0 Å². The Morgan fingerprint density at radius 1 is 1.47 bits per heavy atom. The van der Waals surface area contributed by atoms with E-state index in [1.807, 2.05) is 25.7 Å². The molecule has 1 rings (SSSR count). The summed E-state index contributed by atoms with van der Waals surface area (Å²) < 4.78 is 0. The summed E-state index contributed by atoms with van der Waals surface area (Å²) in [6, 6.07) is 0. The zero-order valence-electron chi connectivity index (χ0n) is 11.4. The van der Waals surface area contributed by atoms with Gasteiger partial charge in [-0.25, -0.2) is 0 Å². The molecule has 1 saturated heterocycles. The number of carbonyl (C=O) groups is 2. The van der Waals surface area contributed by atoms with Gasteiger partial charge in [0.2, 0.25) is 11.8 Å². The SMILES string of the molecule is CCCCN1CC(C(=O)NC(C)(C)C)CC1=O. The molecule has 2 amide bonds. The van der Waals surface area contributed by atoms with Gasteiger partial charge < -0.3 is 10.2 Å². The number of carbonyl (C=O) groups excluding carboxylic acids is 2. The van der Waals surface area contributed by atoms with Gasteiger partial charge in [-0.05, 0) is 27.2 Å². The molecule has 4 heteroatoms. The van der Waals surface area contributed by atoms with Crippen LogP contribution >= 0.6 is 0 Å². The van der Waals surface area contributed by atoms with Gasteiger partial charge in [-0.1, -0.05) is 13.3 Å². The summed E-state index contributed by atoms with van der Waals surface area (Å²) in [6.45, 7) is 9.34. The van der Waals surface area contributed by atoms with Crippen molar-refractivity contribution in [3.63, 3.8) is 0 Å². The van der Waals surface area contributed by atoms with Crippen LogP contribution in [0.25, 0.3) is 0 Å². The minimum atomic E-state index is -0.225. The Bertz CT molecular complexity index is 294. The van der Waals surface area contributed by atoms with Crippen LogP contribution in [-0.4, -0.2) is 35.3 Å². The van der Waals surface area contributed by atoms with E-state index in [1.54, 1.807) is 0 Å². The lowest BCUT2D eigenvalue weighted by Crippen LogP contribution is -2.44. The molecule has 0 aromatic carbocycles. The number of unbranched alkanes of at least 4 members (excludes halogenated alkanes) is 1. The summed E-state index contributed by atoms with van der Waals surface area (Å²) in [5.74, 6) is -0.0454. The molecule has 1 unspecified atom stereocenters. The van der Waals surface area contributed by atoms with Crippen molar-refractivity contribution < 1.29 is 9.59 Å². The molecular formula is C13H24N2O2. The third-order valence-electron chi connectivity index (χ3n) is 2.87. The number of nitrogens with one attached hydrogen (secondary N) is 1. The summed E-state index contributed by atoms with van der Waals surface area (Å²) >= 11 is 0. The number of rotatable bonds is 4. The molecule has 1 aliphatic rings. The Kier molecular flexibility index (Phi) is 4.54. The maximum absolute atomic E-state index is 11.9. The highest BCUT2D eigenvalue weighted by Gasteiger charge is 2.34. The van der Waals surface area contributed by atoms with Crippen LogP contribution in [0.15, 0.2) is 0 Å². The van der Waals surface area contributed by atoms with E-state index < -0.39 is 0 Å². The van der Waals surface area contributed by atoms with Crippen molar-refractivity contribution in [3.05, 3.63) is 0 Å². The smallest absolute Gasteiger partial charge is 0.225 e. The van der Waals surface area contributed by atoms with E-state index in [1.165, 1.54) is 0 Å². The van der Waals surface area contributed by atoms with Gasteiger partial charge in [-0.2, -0.15) is 0 Å². The molecule has 1 atom stereocenters. The Hall–Kier alpha value is -1.06. The fourth-order valence-electron chi connectivity index (χ4n) is 1.98. The number of hydrogen-bond acceptors (Lipinski definition) is 2. The lowest BCUT2D eigenvalue weighted by molar-refractivity contribution is -0.129. The van der Waals surface area contributed by atoms with E-state index in [4.69, 9.17) is 0 Å². The van der Waals surface area contributed by atoms with Gasteiger partial charge in [-0.3, -0.25) is 9.59 Å². The van der Waals surface area contributed by atoms with Crippen molar-refractivity contribution in [2.24, 2.45) is 5.92 Å². The molecular weight excluding hydrogens is 216 g/mol. The van der Waals surface area contributed by atoms with Crippen LogP contribution in [0.1, 0.15) is 47.0 Å². The monoisotopic (exact) mass is 240 g/mol. The summed E-state index contributed by atoms with van der Waals surface area (Å²) in [6.07, 6.45) is 2.45. The number of hydrogen-bond donors (Lipinski definition) is 1. The molecule has 0 aromatic rings. The molecule has 1 heterocycles. The molecule has 0 aromatic heterocycles. The topological polar surface area (TPSA) is 49.4 Å². The van der Waals surface area contributed by atoms with Gasteiger partial charge >= 0.3 is 0 Å². The Labute approximate surface area is 104 Å². The molecule has 4 nitrogen and oxygen atoms in total. The van der Waals surface area contributed by atoms with Crippen LogP contribution in [0.2, 0.25) is 0 Å². The predicted molar refractivity (Wildman–Crippen MR) is 67.5 cm³/mol. The number of likely N-dealkylation sites (tertiary alicyclic amines) is 1. The van der Waals surface area contributed by atoms with Gasteiger partial charge in [-0.15, -0.1) is 0 Å². The normalized spacial score (nSPS) is 20.8. The standard InChI is InChI=1S/C13H24N2O2/c1-5-6-7-15-9-10(8-11(15)16)12(17)14-13(2,3)4/h10H,5-9H2,1-4H3,(H,14,17). The maximum Gasteiger partial charge on any atom is 0.225 e. The first-order valence-corrected chi connectivity index (χ1v) is 6.43. The Balaban J connectivity index is 2.48. The second-order valence-electron chi connectivity index (χ2n) is 5.83. The second kappa shape index (κ2) is 5.52. The number of nitrogens with zero attached hydrogens (tertiary/aromatic N) is 1. The first-order valence-electron chi connectivity index (χ1n) is 6.43. The second-order valence-corrected chi connectivity index (χ2v) is 5.83. The Morgan fingerprint density at radius 2 is 2.12 bits per heavy atom. The zero-order chi connectivity index (χ0) is 13.1. The molecule has 0 aliphatic carbocycles. The molecule has 1 aliphatic heterocycles. The van der Waals surface area contributed by atoms with Gasteiger partial charge in [0, 0.05) is 25.0 Å². The predicted octanol–water partition coefficient (Wildman–Crippen LogP) is 1.55. The summed E-state index contributed by atoms with van der Waals surface area (Å²) in [5.41, 5.74) is -0.225. The quantitative estimate of drug-likeness (QED) is 0.810. The van der Waals surface area contributed by atoms with E-state index in [0.29, 0.717) is 13.0 Å². The van der Waals surface area contributed by atoms with Crippen LogP contribution in [0.5, 0.6) is 0 Å². The van der Waals surface area contributed by atoms with Crippen LogP contribution < -0.4 is 5.32 Å². The van der Waals surface area contributed by atoms with E-state index in [9.17, 15) is 9.59 Å². The molecule has 0 radical (unpaired) electrons. The van der Waals surface area contributed by atoms with E-state index in [0.717, 1.165) is 19.4 Å². The summed E-state index contributed by atoms with van der Waals surface area (Å²) in [7, 11) is 0. The van der Waals surface area contributed by atoms with Gasteiger partial charge in [0.05, 0.1) is 5.92 Å². The van der Waals surface area contributed by atoms with Crippen molar-refractivity contribution in [2.75, 3.05) is 13.1 Å². The number of amides is 2. The maximum atomic E-state index is 11.9. The van der Waals surface area contributed by atoms with E-state index >= 15 is 0 Å². The third-order valence-corrected chi connectivity index (χ3v) is 2.87. The molecule has 17 heavy (non-hydrogen) atoms. The van der Waals surface area contributed by atoms with Gasteiger partial charge in [0.25, 0.3) is 0 Å².